The molecule has 8 nitrogen and oxygen atoms in total. The summed E-state index contributed by atoms with van der Waals surface area (Å²) >= 11 is 0. The van der Waals surface area contributed by atoms with E-state index in [-0.39, 0.29) is 17.9 Å². The number of hydrazine groups is 1. The maximum atomic E-state index is 11.7. The second-order valence-electron chi connectivity index (χ2n) is 4.41. The molecule has 0 saturated carbocycles. The van der Waals surface area contributed by atoms with Gasteiger partial charge in [-0.2, -0.15) is 0 Å². The van der Waals surface area contributed by atoms with E-state index in [1.54, 1.807) is 12.1 Å². The van der Waals surface area contributed by atoms with Gasteiger partial charge in [-0.15, -0.1) is 0 Å². The fraction of sp³-hybridized carbons (Fsp3) is 0.133. The Bertz CT molecular complexity index is 679. The third-order valence-electron chi connectivity index (χ3n) is 2.77. The van der Waals surface area contributed by atoms with Crippen LogP contribution < -0.4 is 10.9 Å². The van der Waals surface area contributed by atoms with Gasteiger partial charge in [0.05, 0.1) is 18.4 Å². The molecule has 0 fully saturated rings. The SMILES string of the molecule is O=C(COC(=O)c1ccc(CO)cc1)NNC(=O)c1ccco1. The van der Waals surface area contributed by atoms with E-state index >= 15 is 0 Å². The van der Waals surface area contributed by atoms with E-state index in [1.807, 2.05) is 0 Å². The van der Waals surface area contributed by atoms with E-state index in [2.05, 4.69) is 10.9 Å². The van der Waals surface area contributed by atoms with Gasteiger partial charge >= 0.3 is 11.9 Å². The van der Waals surface area contributed by atoms with Crippen LogP contribution >= 0.6 is 0 Å². The number of esters is 1. The zero-order valence-corrected chi connectivity index (χ0v) is 11.9. The summed E-state index contributed by atoms with van der Waals surface area (Å²) in [6.45, 7) is -0.688. The number of ether oxygens (including phenoxy) is 1. The predicted molar refractivity (Wildman–Crippen MR) is 77.0 cm³/mol. The highest BCUT2D eigenvalue weighted by atomic mass is 16.5. The maximum absolute atomic E-state index is 11.7. The molecule has 2 rings (SSSR count). The van der Waals surface area contributed by atoms with Gasteiger partial charge < -0.3 is 14.3 Å². The predicted octanol–water partition coefficient (Wildman–Crippen LogP) is 0.390. The number of carbonyl (C=O) groups is 3. The molecule has 1 aromatic heterocycles. The Morgan fingerprint density at radius 2 is 1.83 bits per heavy atom. The van der Waals surface area contributed by atoms with Crippen LogP contribution in [-0.4, -0.2) is 29.5 Å². The summed E-state index contributed by atoms with van der Waals surface area (Å²) in [5, 5.41) is 8.91. The first-order valence-corrected chi connectivity index (χ1v) is 6.60. The van der Waals surface area contributed by atoms with E-state index in [9.17, 15) is 14.4 Å². The van der Waals surface area contributed by atoms with Crippen LogP contribution in [0.2, 0.25) is 0 Å². The first-order valence-electron chi connectivity index (χ1n) is 6.60. The molecule has 1 aromatic carbocycles. The number of nitrogens with one attached hydrogen (secondary N) is 2. The van der Waals surface area contributed by atoms with Crippen molar-refractivity contribution in [2.75, 3.05) is 6.61 Å². The minimum absolute atomic E-state index is 0.0336. The Labute approximate surface area is 131 Å². The van der Waals surface area contributed by atoms with Crippen molar-refractivity contribution in [3.63, 3.8) is 0 Å². The summed E-state index contributed by atoms with van der Waals surface area (Å²) < 4.78 is 9.63. The normalized spacial score (nSPS) is 9.96. The molecule has 23 heavy (non-hydrogen) atoms. The molecule has 3 N–H and O–H groups in total. The van der Waals surface area contributed by atoms with Gasteiger partial charge in [-0.1, -0.05) is 12.1 Å². The molecule has 0 aliphatic heterocycles. The largest absolute Gasteiger partial charge is 0.459 e. The molecule has 0 atom stereocenters. The summed E-state index contributed by atoms with van der Waals surface area (Å²) in [6.07, 6.45) is 1.32. The van der Waals surface area contributed by atoms with Crippen LogP contribution in [0.4, 0.5) is 0 Å². The Kier molecular flexibility index (Phi) is 5.48. The van der Waals surface area contributed by atoms with Crippen molar-refractivity contribution in [2.45, 2.75) is 6.61 Å². The highest BCUT2D eigenvalue weighted by Gasteiger charge is 2.12. The van der Waals surface area contributed by atoms with Crippen LogP contribution in [0.5, 0.6) is 0 Å². The molecule has 0 bridgehead atoms. The summed E-state index contributed by atoms with van der Waals surface area (Å²) in [7, 11) is 0. The van der Waals surface area contributed by atoms with Crippen LogP contribution in [0.25, 0.3) is 0 Å². The first kappa shape index (κ1) is 16.2. The average molecular weight is 318 g/mol. The number of benzene rings is 1. The lowest BCUT2D eigenvalue weighted by Crippen LogP contribution is -2.43. The molecular weight excluding hydrogens is 304 g/mol. The highest BCUT2D eigenvalue weighted by molar-refractivity contribution is 5.94. The summed E-state index contributed by atoms with van der Waals surface area (Å²) in [5.74, 6) is -1.99. The van der Waals surface area contributed by atoms with Crippen molar-refractivity contribution in [1.29, 1.82) is 0 Å². The van der Waals surface area contributed by atoms with Crippen molar-refractivity contribution in [1.82, 2.24) is 10.9 Å². The molecular formula is C15H14N2O6. The van der Waals surface area contributed by atoms with Gasteiger partial charge in [0.15, 0.2) is 12.4 Å². The lowest BCUT2D eigenvalue weighted by atomic mass is 10.1. The molecule has 0 saturated heterocycles. The van der Waals surface area contributed by atoms with Crippen LogP contribution in [-0.2, 0) is 16.1 Å². The molecule has 0 radical (unpaired) electrons. The first-order chi connectivity index (χ1) is 11.1. The topological polar surface area (TPSA) is 118 Å². The molecule has 0 aliphatic rings. The fourth-order valence-corrected chi connectivity index (χ4v) is 1.59. The molecule has 120 valence electrons. The second-order valence-corrected chi connectivity index (χ2v) is 4.41. The summed E-state index contributed by atoms with van der Waals surface area (Å²) in [4.78, 5) is 34.7. The second kappa shape index (κ2) is 7.76. The van der Waals surface area contributed by atoms with Crippen LogP contribution in [0.1, 0.15) is 26.5 Å². The minimum atomic E-state index is -0.703. The van der Waals surface area contributed by atoms with Gasteiger partial charge in [0.2, 0.25) is 0 Å². The van der Waals surface area contributed by atoms with E-state index in [1.165, 1.54) is 30.5 Å². The van der Waals surface area contributed by atoms with Crippen molar-refractivity contribution in [2.24, 2.45) is 0 Å². The smallest absolute Gasteiger partial charge is 0.338 e. The van der Waals surface area contributed by atoms with Gasteiger partial charge in [-0.25, -0.2) is 4.79 Å². The van der Waals surface area contributed by atoms with E-state index in [4.69, 9.17) is 14.3 Å². The van der Waals surface area contributed by atoms with Crippen LogP contribution in [0.3, 0.4) is 0 Å². The fourth-order valence-electron chi connectivity index (χ4n) is 1.59. The standard InChI is InChI=1S/C15H14N2O6/c18-8-10-3-5-11(6-4-10)15(21)23-9-13(19)16-17-14(20)12-2-1-7-22-12/h1-7,18H,8-9H2,(H,16,19)(H,17,20). The van der Waals surface area contributed by atoms with Crippen molar-refractivity contribution in [3.8, 4) is 0 Å². The zero-order valence-electron chi connectivity index (χ0n) is 11.9. The number of aliphatic hydroxyl groups excluding tert-OH is 1. The van der Waals surface area contributed by atoms with Crippen molar-refractivity contribution in [3.05, 3.63) is 59.5 Å². The molecule has 8 heteroatoms. The van der Waals surface area contributed by atoms with E-state index in [0.717, 1.165) is 0 Å². The molecule has 1 heterocycles. The number of hydrogen-bond donors (Lipinski definition) is 3. The number of carbonyl (C=O) groups excluding carboxylic acids is 3. The third-order valence-corrected chi connectivity index (χ3v) is 2.77. The summed E-state index contributed by atoms with van der Waals surface area (Å²) in [6, 6.07) is 9.05. The molecule has 2 amide bonds. The van der Waals surface area contributed by atoms with Crippen LogP contribution in [0.15, 0.2) is 47.1 Å². The zero-order chi connectivity index (χ0) is 16.7. The van der Waals surface area contributed by atoms with Gasteiger partial charge in [-0.05, 0) is 29.8 Å². The maximum Gasteiger partial charge on any atom is 0.338 e. The molecule has 0 unspecified atom stereocenters. The number of furan rings is 1. The average Bonchev–Trinajstić information content (AvgIpc) is 3.12. The Hall–Kier alpha value is -3.13. The van der Waals surface area contributed by atoms with Crippen molar-refractivity contribution >= 4 is 17.8 Å². The number of amides is 2. The lowest BCUT2D eigenvalue weighted by molar-refractivity contribution is -0.125. The number of rotatable bonds is 5. The van der Waals surface area contributed by atoms with E-state index in [0.29, 0.717) is 5.56 Å². The monoisotopic (exact) mass is 318 g/mol. The van der Waals surface area contributed by atoms with Gasteiger partial charge in [0, 0.05) is 0 Å². The Morgan fingerprint density at radius 3 is 2.43 bits per heavy atom. The van der Waals surface area contributed by atoms with Gasteiger partial charge in [0.1, 0.15) is 0 Å². The Balaban J connectivity index is 1.75. The van der Waals surface area contributed by atoms with E-state index < -0.39 is 24.4 Å². The van der Waals surface area contributed by atoms with Crippen molar-refractivity contribution < 1.29 is 28.6 Å². The molecule has 2 aromatic rings. The van der Waals surface area contributed by atoms with Crippen LogP contribution in [0, 0.1) is 0 Å². The molecule has 0 aliphatic carbocycles. The Morgan fingerprint density at radius 1 is 1.09 bits per heavy atom. The highest BCUT2D eigenvalue weighted by Crippen LogP contribution is 2.05. The van der Waals surface area contributed by atoms with Gasteiger partial charge in [0.25, 0.3) is 5.91 Å². The number of hydrogen-bond acceptors (Lipinski definition) is 6. The quantitative estimate of drug-likeness (QED) is 0.542. The van der Waals surface area contributed by atoms with Gasteiger partial charge in [-0.3, -0.25) is 20.4 Å². The third kappa shape index (κ3) is 4.68. The summed E-state index contributed by atoms with van der Waals surface area (Å²) in [5.41, 5.74) is 5.10. The lowest BCUT2D eigenvalue weighted by Gasteiger charge is -2.07. The molecule has 0 spiro atoms. The number of aliphatic hydroxyl groups is 1. The minimum Gasteiger partial charge on any atom is -0.459 e.